The highest BCUT2D eigenvalue weighted by atomic mass is 16.3. The van der Waals surface area contributed by atoms with Crippen molar-refractivity contribution in [3.63, 3.8) is 0 Å². The Morgan fingerprint density at radius 1 is 0.846 bits per heavy atom. The van der Waals surface area contributed by atoms with Gasteiger partial charge in [0.2, 0.25) is 0 Å². The van der Waals surface area contributed by atoms with Gasteiger partial charge in [-0.3, -0.25) is 4.90 Å². The van der Waals surface area contributed by atoms with Crippen LogP contribution in [0.2, 0.25) is 0 Å². The summed E-state index contributed by atoms with van der Waals surface area (Å²) in [6.45, 7) is 3.55. The Hall–Kier alpha value is -2.66. The van der Waals surface area contributed by atoms with Crippen LogP contribution in [0.5, 0.6) is 5.75 Å². The fourth-order valence-corrected chi connectivity index (χ4v) is 3.56. The molecule has 4 rings (SSSR count). The van der Waals surface area contributed by atoms with Gasteiger partial charge >= 0.3 is 0 Å². The van der Waals surface area contributed by atoms with Crippen molar-refractivity contribution in [1.29, 1.82) is 0 Å². The first-order chi connectivity index (χ1) is 12.8. The summed E-state index contributed by atoms with van der Waals surface area (Å²) in [7, 11) is 0. The maximum Gasteiger partial charge on any atom is 0.134 e. The van der Waals surface area contributed by atoms with Crippen LogP contribution >= 0.6 is 0 Å². The van der Waals surface area contributed by atoms with Gasteiger partial charge in [-0.2, -0.15) is 0 Å². The van der Waals surface area contributed by atoms with E-state index < -0.39 is 0 Å². The number of aryl methyl sites for hydroxylation is 2. The number of hydrogen-bond donors (Lipinski definition) is 1. The number of phenolic OH excluding ortho intramolecular Hbond substituents is 1. The van der Waals surface area contributed by atoms with Crippen molar-refractivity contribution in [3.05, 3.63) is 77.4 Å². The minimum absolute atomic E-state index is 0.375. The molecular weight excluding hydrogens is 324 g/mol. The maximum atomic E-state index is 10.0. The molecule has 3 aromatic rings. The van der Waals surface area contributed by atoms with E-state index in [4.69, 9.17) is 0 Å². The lowest BCUT2D eigenvalue weighted by atomic mass is 10.1. The van der Waals surface area contributed by atoms with Crippen LogP contribution in [0.3, 0.4) is 0 Å². The number of fused-ring (bicyclic) bond motifs is 1. The molecule has 134 valence electrons. The van der Waals surface area contributed by atoms with Gasteiger partial charge in [-0.15, -0.1) is 10.2 Å². The number of aromatic nitrogens is 3. The maximum absolute atomic E-state index is 10.0. The average Bonchev–Trinajstić information content (AvgIpc) is 2.95. The molecule has 0 saturated heterocycles. The molecule has 2 aromatic carbocycles. The van der Waals surface area contributed by atoms with Crippen molar-refractivity contribution in [2.75, 3.05) is 13.1 Å². The highest BCUT2D eigenvalue weighted by molar-refractivity contribution is 5.31. The second kappa shape index (κ2) is 7.70. The van der Waals surface area contributed by atoms with Gasteiger partial charge in [-0.1, -0.05) is 48.5 Å². The summed E-state index contributed by atoms with van der Waals surface area (Å²) in [4.78, 5) is 2.38. The van der Waals surface area contributed by atoms with E-state index >= 15 is 0 Å². The first-order valence-electron chi connectivity index (χ1n) is 9.24. The van der Waals surface area contributed by atoms with Crippen LogP contribution in [0, 0.1) is 0 Å². The highest BCUT2D eigenvalue weighted by Gasteiger charge is 2.19. The smallest absolute Gasteiger partial charge is 0.134 e. The van der Waals surface area contributed by atoms with Gasteiger partial charge in [0.05, 0.1) is 0 Å². The summed E-state index contributed by atoms with van der Waals surface area (Å²) in [5.41, 5.74) is 2.31. The summed E-state index contributed by atoms with van der Waals surface area (Å²) >= 11 is 0. The minimum atomic E-state index is 0.375. The van der Waals surface area contributed by atoms with Crippen molar-refractivity contribution in [2.45, 2.75) is 32.4 Å². The van der Waals surface area contributed by atoms with Crippen molar-refractivity contribution in [2.24, 2.45) is 0 Å². The lowest BCUT2D eigenvalue weighted by Gasteiger charge is -2.20. The number of para-hydroxylation sites is 1. The van der Waals surface area contributed by atoms with E-state index in [-0.39, 0.29) is 0 Å². The molecule has 0 aliphatic carbocycles. The van der Waals surface area contributed by atoms with Crippen LogP contribution in [-0.2, 0) is 32.4 Å². The van der Waals surface area contributed by atoms with Crippen molar-refractivity contribution in [3.8, 4) is 5.75 Å². The fourth-order valence-electron chi connectivity index (χ4n) is 3.56. The molecule has 0 radical (unpaired) electrons. The van der Waals surface area contributed by atoms with Gasteiger partial charge in [-0.05, 0) is 18.1 Å². The number of rotatable bonds is 5. The summed E-state index contributed by atoms with van der Waals surface area (Å²) in [6.07, 6.45) is 2.79. The molecule has 1 N–H and O–H groups in total. The first kappa shape index (κ1) is 16.8. The standard InChI is InChI=1S/C21H24N4O/c26-19-9-5-4-8-18(19)16-24-13-12-21-23-22-20(25(21)15-14-24)11-10-17-6-2-1-3-7-17/h1-9,26H,10-16H2. The van der Waals surface area contributed by atoms with Gasteiger partial charge in [0.1, 0.15) is 17.4 Å². The van der Waals surface area contributed by atoms with Crippen LogP contribution in [0.1, 0.15) is 22.8 Å². The van der Waals surface area contributed by atoms with Crippen LogP contribution in [-0.4, -0.2) is 37.9 Å². The summed E-state index contributed by atoms with van der Waals surface area (Å²) in [6, 6.07) is 18.1. The molecule has 1 aliphatic heterocycles. The third-order valence-corrected chi connectivity index (χ3v) is 5.06. The van der Waals surface area contributed by atoms with Crippen LogP contribution in [0.15, 0.2) is 54.6 Å². The lowest BCUT2D eigenvalue weighted by Crippen LogP contribution is -2.26. The van der Waals surface area contributed by atoms with Crippen LogP contribution in [0.25, 0.3) is 0 Å². The second-order valence-electron chi connectivity index (χ2n) is 6.82. The molecule has 26 heavy (non-hydrogen) atoms. The SMILES string of the molecule is Oc1ccccc1CN1CCc2nnc(CCc3ccccc3)n2CC1. The minimum Gasteiger partial charge on any atom is -0.508 e. The Morgan fingerprint density at radius 3 is 2.50 bits per heavy atom. The first-order valence-corrected chi connectivity index (χ1v) is 9.24. The van der Waals surface area contributed by atoms with Crippen LogP contribution in [0.4, 0.5) is 0 Å². The average molecular weight is 348 g/mol. The molecule has 1 aliphatic rings. The Morgan fingerprint density at radius 2 is 1.65 bits per heavy atom. The third kappa shape index (κ3) is 3.78. The van der Waals surface area contributed by atoms with E-state index in [1.165, 1.54) is 5.56 Å². The van der Waals surface area contributed by atoms with E-state index in [0.29, 0.717) is 5.75 Å². The molecule has 2 heterocycles. The molecular formula is C21H24N4O. The molecule has 0 saturated carbocycles. The fraction of sp³-hybridized carbons (Fsp3) is 0.333. The van der Waals surface area contributed by atoms with E-state index in [0.717, 1.165) is 62.7 Å². The van der Waals surface area contributed by atoms with E-state index in [2.05, 4.69) is 43.9 Å². The topological polar surface area (TPSA) is 54.2 Å². The molecule has 0 unspecified atom stereocenters. The zero-order chi connectivity index (χ0) is 17.8. The van der Waals surface area contributed by atoms with Crippen molar-refractivity contribution >= 4 is 0 Å². The largest absolute Gasteiger partial charge is 0.508 e. The number of hydrogen-bond acceptors (Lipinski definition) is 4. The number of benzene rings is 2. The molecule has 0 spiro atoms. The number of phenols is 1. The van der Waals surface area contributed by atoms with Gasteiger partial charge in [0.15, 0.2) is 0 Å². The molecule has 5 heteroatoms. The highest BCUT2D eigenvalue weighted by Crippen LogP contribution is 2.19. The molecule has 5 nitrogen and oxygen atoms in total. The van der Waals surface area contributed by atoms with Gasteiger partial charge < -0.3 is 9.67 Å². The molecule has 0 atom stereocenters. The van der Waals surface area contributed by atoms with Crippen molar-refractivity contribution in [1.82, 2.24) is 19.7 Å². The number of nitrogens with zero attached hydrogens (tertiary/aromatic N) is 4. The Bertz CT molecular complexity index is 859. The second-order valence-corrected chi connectivity index (χ2v) is 6.82. The van der Waals surface area contributed by atoms with E-state index in [1.54, 1.807) is 6.07 Å². The van der Waals surface area contributed by atoms with Crippen LogP contribution < -0.4 is 0 Å². The molecule has 0 fully saturated rings. The predicted octanol–water partition coefficient (Wildman–Crippen LogP) is 2.83. The molecule has 1 aromatic heterocycles. The van der Waals surface area contributed by atoms with E-state index in [9.17, 15) is 5.11 Å². The quantitative estimate of drug-likeness (QED) is 0.770. The predicted molar refractivity (Wildman–Crippen MR) is 101 cm³/mol. The van der Waals surface area contributed by atoms with E-state index in [1.807, 2.05) is 24.3 Å². The molecule has 0 amide bonds. The van der Waals surface area contributed by atoms with Gasteiger partial charge in [-0.25, -0.2) is 0 Å². The normalized spacial score (nSPS) is 14.8. The van der Waals surface area contributed by atoms with Gasteiger partial charge in [0, 0.05) is 44.6 Å². The summed E-state index contributed by atoms with van der Waals surface area (Å²) in [5, 5.41) is 18.9. The Labute approximate surface area is 153 Å². The third-order valence-electron chi connectivity index (χ3n) is 5.06. The zero-order valence-electron chi connectivity index (χ0n) is 14.9. The van der Waals surface area contributed by atoms with Gasteiger partial charge in [0.25, 0.3) is 0 Å². The lowest BCUT2D eigenvalue weighted by molar-refractivity contribution is 0.266. The number of aromatic hydroxyl groups is 1. The Kier molecular flexibility index (Phi) is 4.97. The summed E-state index contributed by atoms with van der Waals surface area (Å²) < 4.78 is 2.29. The Balaban J connectivity index is 1.40. The zero-order valence-corrected chi connectivity index (χ0v) is 14.9. The summed E-state index contributed by atoms with van der Waals surface area (Å²) in [5.74, 6) is 2.53. The monoisotopic (exact) mass is 348 g/mol. The molecule has 0 bridgehead atoms. The van der Waals surface area contributed by atoms with Crippen molar-refractivity contribution < 1.29 is 5.11 Å².